The van der Waals surface area contributed by atoms with E-state index in [0.717, 1.165) is 29.9 Å². The molecule has 3 N–H and O–H groups in total. The molecule has 0 aliphatic carbocycles. The lowest BCUT2D eigenvalue weighted by Crippen LogP contribution is -2.36. The molecule has 0 saturated carbocycles. The predicted octanol–water partition coefficient (Wildman–Crippen LogP) is 1.28. The largest absolute Gasteiger partial charge is 0.378 e. The molecular formula is C17H20FN5O2. The molecule has 8 heteroatoms. The van der Waals surface area contributed by atoms with Gasteiger partial charge in [-0.05, 0) is 18.2 Å². The smallest absolute Gasteiger partial charge is 0.276 e. The van der Waals surface area contributed by atoms with Gasteiger partial charge in [-0.3, -0.25) is 9.89 Å². The summed E-state index contributed by atoms with van der Waals surface area (Å²) < 4.78 is 19.3. The van der Waals surface area contributed by atoms with Crippen LogP contribution in [0.25, 0.3) is 0 Å². The van der Waals surface area contributed by atoms with Crippen LogP contribution in [0, 0.1) is 5.82 Å². The molecule has 7 nitrogen and oxygen atoms in total. The number of amides is 1. The van der Waals surface area contributed by atoms with Gasteiger partial charge in [-0.25, -0.2) is 4.39 Å². The fraction of sp³-hybridized carbons (Fsp3) is 0.412. The van der Waals surface area contributed by atoms with Crippen LogP contribution in [0.3, 0.4) is 0 Å². The third-order valence-electron chi connectivity index (χ3n) is 4.54. The highest BCUT2D eigenvalue weighted by Crippen LogP contribution is 2.24. The number of halogens is 1. The number of morpholine rings is 1. The Morgan fingerprint density at radius 1 is 1.28 bits per heavy atom. The third kappa shape index (κ3) is 3.35. The number of carbonyl (C=O) groups excluding carboxylic acids is 1. The van der Waals surface area contributed by atoms with Crippen molar-refractivity contribution in [3.63, 3.8) is 0 Å². The number of aromatic nitrogens is 2. The Balaban J connectivity index is 1.55. The second-order valence-corrected chi connectivity index (χ2v) is 6.21. The SMILES string of the molecule is O=C(Nc1cc(F)cc(N2CCOCC2)c1)c1n[nH]c2c1CNCC2. The number of H-pyrrole nitrogens is 1. The Morgan fingerprint density at radius 3 is 2.96 bits per heavy atom. The van der Waals surface area contributed by atoms with Gasteiger partial charge in [0.1, 0.15) is 5.82 Å². The molecular weight excluding hydrogens is 325 g/mol. The van der Waals surface area contributed by atoms with E-state index in [4.69, 9.17) is 4.74 Å². The van der Waals surface area contributed by atoms with E-state index in [2.05, 4.69) is 20.8 Å². The number of carbonyl (C=O) groups is 1. The summed E-state index contributed by atoms with van der Waals surface area (Å²) in [5.41, 5.74) is 3.39. The summed E-state index contributed by atoms with van der Waals surface area (Å²) in [5, 5.41) is 13.0. The van der Waals surface area contributed by atoms with Gasteiger partial charge in [-0.15, -0.1) is 0 Å². The standard InChI is InChI=1S/C17H20FN5O2/c18-11-7-12(9-13(8-11)23-3-5-25-6-4-23)20-17(24)16-14-10-19-2-1-15(14)21-22-16/h7-9,19H,1-6,10H2,(H,20,24)(H,21,22). The first-order valence-electron chi connectivity index (χ1n) is 8.42. The normalized spacial score (nSPS) is 17.2. The van der Waals surface area contributed by atoms with Crippen LogP contribution in [-0.4, -0.2) is 49.0 Å². The molecule has 0 unspecified atom stereocenters. The molecule has 2 aliphatic heterocycles. The van der Waals surface area contributed by atoms with E-state index in [9.17, 15) is 9.18 Å². The van der Waals surface area contributed by atoms with Crippen molar-refractivity contribution >= 4 is 17.3 Å². The molecule has 0 bridgehead atoms. The zero-order chi connectivity index (χ0) is 17.2. The Morgan fingerprint density at radius 2 is 2.12 bits per heavy atom. The molecule has 1 aromatic carbocycles. The van der Waals surface area contributed by atoms with E-state index >= 15 is 0 Å². The first-order chi connectivity index (χ1) is 12.2. The first-order valence-corrected chi connectivity index (χ1v) is 8.42. The van der Waals surface area contributed by atoms with Gasteiger partial charge in [0.05, 0.1) is 13.2 Å². The Hall–Kier alpha value is -2.45. The number of benzene rings is 1. The van der Waals surface area contributed by atoms with Gasteiger partial charge in [-0.2, -0.15) is 5.10 Å². The molecule has 1 saturated heterocycles. The van der Waals surface area contributed by atoms with Crippen molar-refractivity contribution < 1.29 is 13.9 Å². The highest BCUT2D eigenvalue weighted by molar-refractivity contribution is 6.04. The zero-order valence-corrected chi connectivity index (χ0v) is 13.8. The minimum Gasteiger partial charge on any atom is -0.378 e. The van der Waals surface area contributed by atoms with Gasteiger partial charge in [0.2, 0.25) is 0 Å². The van der Waals surface area contributed by atoms with Crippen molar-refractivity contribution in [1.82, 2.24) is 15.5 Å². The van der Waals surface area contributed by atoms with E-state index < -0.39 is 0 Å². The predicted molar refractivity (Wildman–Crippen MR) is 91.4 cm³/mol. The number of rotatable bonds is 3. The molecule has 0 spiro atoms. The topological polar surface area (TPSA) is 82.3 Å². The van der Waals surface area contributed by atoms with Crippen LogP contribution in [0.1, 0.15) is 21.7 Å². The number of aromatic amines is 1. The van der Waals surface area contributed by atoms with Crippen molar-refractivity contribution in [2.75, 3.05) is 43.1 Å². The number of nitrogens with zero attached hydrogens (tertiary/aromatic N) is 2. The second-order valence-electron chi connectivity index (χ2n) is 6.21. The molecule has 2 aromatic rings. The molecule has 4 rings (SSSR count). The van der Waals surface area contributed by atoms with Crippen molar-refractivity contribution in [2.24, 2.45) is 0 Å². The number of anilines is 2. The van der Waals surface area contributed by atoms with Crippen molar-refractivity contribution in [1.29, 1.82) is 0 Å². The van der Waals surface area contributed by atoms with Gasteiger partial charge in [0.15, 0.2) is 5.69 Å². The summed E-state index contributed by atoms with van der Waals surface area (Å²) in [6, 6.07) is 4.57. The summed E-state index contributed by atoms with van der Waals surface area (Å²) in [6.07, 6.45) is 0.816. The number of hydrogen-bond donors (Lipinski definition) is 3. The van der Waals surface area contributed by atoms with E-state index in [1.54, 1.807) is 6.07 Å². The van der Waals surface area contributed by atoms with E-state index in [-0.39, 0.29) is 11.7 Å². The number of ether oxygens (including phenoxy) is 1. The van der Waals surface area contributed by atoms with E-state index in [1.165, 1.54) is 12.1 Å². The van der Waals surface area contributed by atoms with Gasteiger partial charge >= 0.3 is 0 Å². The van der Waals surface area contributed by atoms with Gasteiger partial charge in [-0.1, -0.05) is 0 Å². The molecule has 3 heterocycles. The summed E-state index contributed by atoms with van der Waals surface area (Å²) in [6.45, 7) is 4.11. The summed E-state index contributed by atoms with van der Waals surface area (Å²) in [7, 11) is 0. The Kier molecular flexibility index (Phi) is 4.37. The Bertz CT molecular complexity index is 785. The third-order valence-corrected chi connectivity index (χ3v) is 4.54. The van der Waals surface area contributed by atoms with Crippen LogP contribution in [0.5, 0.6) is 0 Å². The van der Waals surface area contributed by atoms with Crippen LogP contribution >= 0.6 is 0 Å². The van der Waals surface area contributed by atoms with Crippen molar-refractivity contribution in [3.05, 3.63) is 41.0 Å². The summed E-state index contributed by atoms with van der Waals surface area (Å²) in [5.74, 6) is -0.718. The highest BCUT2D eigenvalue weighted by atomic mass is 19.1. The quantitative estimate of drug-likeness (QED) is 0.781. The van der Waals surface area contributed by atoms with Crippen molar-refractivity contribution in [3.8, 4) is 0 Å². The van der Waals surface area contributed by atoms with Gasteiger partial charge < -0.3 is 20.3 Å². The average molecular weight is 345 g/mol. The number of fused-ring (bicyclic) bond motifs is 1. The molecule has 0 radical (unpaired) electrons. The second kappa shape index (κ2) is 6.81. The van der Waals surface area contributed by atoms with Crippen LogP contribution < -0.4 is 15.5 Å². The molecule has 1 amide bonds. The average Bonchev–Trinajstić information content (AvgIpc) is 3.06. The Labute approximate surface area is 144 Å². The van der Waals surface area contributed by atoms with Gasteiger partial charge in [0, 0.05) is 55.2 Å². The lowest BCUT2D eigenvalue weighted by molar-refractivity contribution is 0.102. The van der Waals surface area contributed by atoms with E-state index in [0.29, 0.717) is 44.2 Å². The van der Waals surface area contributed by atoms with Gasteiger partial charge in [0.25, 0.3) is 5.91 Å². The number of nitrogens with one attached hydrogen (secondary N) is 3. The summed E-state index contributed by atoms with van der Waals surface area (Å²) in [4.78, 5) is 14.6. The maximum atomic E-state index is 14.0. The first kappa shape index (κ1) is 16.0. The molecule has 1 fully saturated rings. The minimum atomic E-state index is -0.384. The van der Waals surface area contributed by atoms with Crippen molar-refractivity contribution in [2.45, 2.75) is 13.0 Å². The van der Waals surface area contributed by atoms with Crippen LogP contribution in [0.15, 0.2) is 18.2 Å². The minimum absolute atomic E-state index is 0.334. The monoisotopic (exact) mass is 345 g/mol. The fourth-order valence-corrected chi connectivity index (χ4v) is 3.25. The molecule has 25 heavy (non-hydrogen) atoms. The molecule has 0 atom stereocenters. The van der Waals surface area contributed by atoms with E-state index in [1.807, 2.05) is 4.90 Å². The fourth-order valence-electron chi connectivity index (χ4n) is 3.25. The molecule has 2 aliphatic rings. The lowest BCUT2D eigenvalue weighted by atomic mass is 10.1. The van der Waals surface area contributed by atoms with Crippen LogP contribution in [0.4, 0.5) is 15.8 Å². The molecule has 1 aromatic heterocycles. The van der Waals surface area contributed by atoms with Crippen LogP contribution in [-0.2, 0) is 17.7 Å². The highest BCUT2D eigenvalue weighted by Gasteiger charge is 2.22. The zero-order valence-electron chi connectivity index (χ0n) is 13.8. The summed E-state index contributed by atoms with van der Waals surface area (Å²) >= 11 is 0. The maximum Gasteiger partial charge on any atom is 0.276 e. The van der Waals surface area contributed by atoms with Crippen LogP contribution in [0.2, 0.25) is 0 Å². The molecule has 132 valence electrons. The number of hydrogen-bond acceptors (Lipinski definition) is 5. The lowest BCUT2D eigenvalue weighted by Gasteiger charge is -2.29. The maximum absolute atomic E-state index is 14.0.